The number of nitrogens with zero attached hydrogens (tertiary/aromatic N) is 1. The van der Waals surface area contributed by atoms with Gasteiger partial charge in [-0.1, -0.05) is 17.7 Å². The molecular formula is C14H20N2O4S. The van der Waals surface area contributed by atoms with Crippen LogP contribution >= 0.6 is 0 Å². The molecule has 0 saturated carbocycles. The maximum Gasteiger partial charge on any atom is 0.307 e. The third-order valence-electron chi connectivity index (χ3n) is 3.89. The molecule has 2 atom stereocenters. The maximum atomic E-state index is 12.6. The molecule has 1 fully saturated rings. The summed E-state index contributed by atoms with van der Waals surface area (Å²) in [5.41, 5.74) is 0.988. The van der Waals surface area contributed by atoms with Crippen LogP contribution in [0, 0.1) is 12.8 Å². The van der Waals surface area contributed by atoms with Crippen molar-refractivity contribution in [2.24, 2.45) is 5.92 Å². The van der Waals surface area contributed by atoms with Crippen molar-refractivity contribution < 1.29 is 18.3 Å². The van der Waals surface area contributed by atoms with Crippen LogP contribution in [0.1, 0.15) is 12.0 Å². The van der Waals surface area contributed by atoms with Crippen molar-refractivity contribution in [1.29, 1.82) is 0 Å². The van der Waals surface area contributed by atoms with E-state index in [1.165, 1.54) is 11.4 Å². The molecule has 1 heterocycles. The highest BCUT2D eigenvalue weighted by molar-refractivity contribution is 7.89. The third kappa shape index (κ3) is 3.42. The predicted molar refractivity (Wildman–Crippen MR) is 78.5 cm³/mol. The van der Waals surface area contributed by atoms with Crippen LogP contribution in [0.5, 0.6) is 0 Å². The molecular weight excluding hydrogens is 292 g/mol. The number of carbonyl (C=O) groups is 1. The normalized spacial score (nSPS) is 23.2. The fourth-order valence-electron chi connectivity index (χ4n) is 2.46. The van der Waals surface area contributed by atoms with E-state index in [1.54, 1.807) is 24.3 Å². The maximum absolute atomic E-state index is 12.6. The molecule has 21 heavy (non-hydrogen) atoms. The lowest BCUT2D eigenvalue weighted by molar-refractivity contribution is -0.142. The van der Waals surface area contributed by atoms with Crippen LogP contribution in [0.2, 0.25) is 0 Å². The number of hydrogen-bond acceptors (Lipinski definition) is 4. The fraction of sp³-hybridized carbons (Fsp3) is 0.500. The monoisotopic (exact) mass is 312 g/mol. The molecule has 2 N–H and O–H groups in total. The van der Waals surface area contributed by atoms with Gasteiger partial charge in [-0.2, -0.15) is 4.31 Å². The molecule has 1 saturated heterocycles. The number of aliphatic carboxylic acids is 1. The van der Waals surface area contributed by atoms with Gasteiger partial charge in [0.25, 0.3) is 0 Å². The van der Waals surface area contributed by atoms with E-state index >= 15 is 0 Å². The summed E-state index contributed by atoms with van der Waals surface area (Å²) in [5.74, 6) is -1.45. The molecule has 1 aromatic rings. The number of rotatable bonds is 4. The number of hydrogen-bond donors (Lipinski definition) is 2. The van der Waals surface area contributed by atoms with E-state index in [9.17, 15) is 13.2 Å². The Kier molecular flexibility index (Phi) is 4.65. The highest BCUT2D eigenvalue weighted by Crippen LogP contribution is 2.22. The van der Waals surface area contributed by atoms with Gasteiger partial charge in [-0.05, 0) is 25.5 Å². The van der Waals surface area contributed by atoms with Crippen LogP contribution in [0.3, 0.4) is 0 Å². The Morgan fingerprint density at radius 2 is 1.90 bits per heavy atom. The highest BCUT2D eigenvalue weighted by atomic mass is 32.2. The number of carboxylic acid groups (broad SMARTS) is 1. The summed E-state index contributed by atoms with van der Waals surface area (Å²) in [6.45, 7) is 2.73. The summed E-state index contributed by atoms with van der Waals surface area (Å²) in [7, 11) is -2.10. The van der Waals surface area contributed by atoms with Gasteiger partial charge in [-0.15, -0.1) is 0 Å². The van der Waals surface area contributed by atoms with E-state index in [2.05, 4.69) is 5.32 Å². The summed E-state index contributed by atoms with van der Waals surface area (Å²) in [6, 6.07) is 6.30. The van der Waals surface area contributed by atoms with Crippen LogP contribution < -0.4 is 5.32 Å². The van der Waals surface area contributed by atoms with Crippen molar-refractivity contribution in [1.82, 2.24) is 9.62 Å². The summed E-state index contributed by atoms with van der Waals surface area (Å²) in [6.07, 6.45) is 0.323. The molecule has 0 bridgehead atoms. The largest absolute Gasteiger partial charge is 0.481 e. The first-order chi connectivity index (χ1) is 9.82. The quantitative estimate of drug-likeness (QED) is 0.854. The second kappa shape index (κ2) is 6.13. The topological polar surface area (TPSA) is 86.7 Å². The van der Waals surface area contributed by atoms with Crippen LogP contribution in [-0.2, 0) is 14.8 Å². The average molecular weight is 312 g/mol. The number of likely N-dealkylation sites (N-methyl/N-ethyl adjacent to an activating group) is 1. The molecule has 1 aromatic carbocycles. The van der Waals surface area contributed by atoms with Gasteiger partial charge in [-0.3, -0.25) is 4.79 Å². The molecule has 0 aromatic heterocycles. The molecule has 116 valence electrons. The third-order valence-corrected chi connectivity index (χ3v) is 5.81. The molecule has 1 aliphatic rings. The zero-order chi connectivity index (χ0) is 15.6. The van der Waals surface area contributed by atoms with Gasteiger partial charge in [0.15, 0.2) is 0 Å². The van der Waals surface area contributed by atoms with Crippen LogP contribution in [-0.4, -0.2) is 50.0 Å². The second-order valence-electron chi connectivity index (χ2n) is 5.42. The molecule has 0 amide bonds. The van der Waals surface area contributed by atoms with Crippen molar-refractivity contribution in [3.63, 3.8) is 0 Å². The Bertz CT molecular complexity index is 612. The van der Waals surface area contributed by atoms with Crippen LogP contribution in [0.15, 0.2) is 29.2 Å². The Balaban J connectivity index is 2.19. The smallest absolute Gasteiger partial charge is 0.307 e. The van der Waals surface area contributed by atoms with Crippen LogP contribution in [0.25, 0.3) is 0 Å². The number of piperidine rings is 1. The van der Waals surface area contributed by atoms with Crippen molar-refractivity contribution in [2.75, 3.05) is 20.1 Å². The highest BCUT2D eigenvalue weighted by Gasteiger charge is 2.34. The Labute approximate surface area is 124 Å². The van der Waals surface area contributed by atoms with Crippen molar-refractivity contribution in [3.05, 3.63) is 29.8 Å². The Morgan fingerprint density at radius 3 is 2.48 bits per heavy atom. The average Bonchev–Trinajstić information content (AvgIpc) is 2.47. The summed E-state index contributed by atoms with van der Waals surface area (Å²) >= 11 is 0. The minimum atomic E-state index is -3.60. The minimum Gasteiger partial charge on any atom is -0.481 e. The zero-order valence-corrected chi connectivity index (χ0v) is 12.9. The number of nitrogens with one attached hydrogen (secondary N) is 1. The van der Waals surface area contributed by atoms with E-state index in [1.807, 2.05) is 6.92 Å². The number of benzene rings is 1. The van der Waals surface area contributed by atoms with Crippen molar-refractivity contribution >= 4 is 16.0 Å². The van der Waals surface area contributed by atoms with Gasteiger partial charge in [0.05, 0.1) is 10.8 Å². The molecule has 0 spiro atoms. The van der Waals surface area contributed by atoms with Crippen molar-refractivity contribution in [2.45, 2.75) is 24.3 Å². The van der Waals surface area contributed by atoms with Gasteiger partial charge in [0, 0.05) is 26.2 Å². The molecule has 0 aliphatic carbocycles. The molecule has 1 aliphatic heterocycles. The van der Waals surface area contributed by atoms with Gasteiger partial charge in [0.2, 0.25) is 10.0 Å². The molecule has 0 radical (unpaired) electrons. The first-order valence-corrected chi connectivity index (χ1v) is 8.24. The van der Waals surface area contributed by atoms with Crippen molar-refractivity contribution in [3.8, 4) is 0 Å². The number of sulfonamides is 1. The van der Waals surface area contributed by atoms with Gasteiger partial charge >= 0.3 is 5.97 Å². The van der Waals surface area contributed by atoms with E-state index in [4.69, 9.17) is 5.11 Å². The molecule has 2 rings (SSSR count). The minimum absolute atomic E-state index is 0.230. The molecule has 7 heteroatoms. The lowest BCUT2D eigenvalue weighted by atomic mass is 9.96. The first kappa shape index (κ1) is 15.9. The first-order valence-electron chi connectivity index (χ1n) is 6.80. The lowest BCUT2D eigenvalue weighted by Crippen LogP contribution is -2.51. The second-order valence-corrected chi connectivity index (χ2v) is 7.41. The standard InChI is InChI=1S/C14H20N2O4S/c1-10-3-5-13(6-4-10)21(19,20)16(2)12-7-11(14(17)18)8-15-9-12/h3-6,11-12,15H,7-9H2,1-2H3,(H,17,18)/t11-,12+/m0/s1. The molecule has 0 unspecified atom stereocenters. The van der Waals surface area contributed by atoms with E-state index < -0.39 is 21.9 Å². The number of aryl methyl sites for hydroxylation is 1. The molecule has 6 nitrogen and oxygen atoms in total. The van der Waals surface area contributed by atoms with Gasteiger partial charge in [-0.25, -0.2) is 8.42 Å². The predicted octanol–water partition coefficient (Wildman–Crippen LogP) is 0.678. The van der Waals surface area contributed by atoms with Gasteiger partial charge in [0.1, 0.15) is 0 Å². The summed E-state index contributed by atoms with van der Waals surface area (Å²) in [5, 5.41) is 12.1. The van der Waals surface area contributed by atoms with E-state index in [0.29, 0.717) is 19.5 Å². The summed E-state index contributed by atoms with van der Waals surface area (Å²) in [4.78, 5) is 11.3. The lowest BCUT2D eigenvalue weighted by Gasteiger charge is -2.33. The van der Waals surface area contributed by atoms with E-state index in [0.717, 1.165) is 5.56 Å². The summed E-state index contributed by atoms with van der Waals surface area (Å²) < 4.78 is 26.4. The fourth-order valence-corrected chi connectivity index (χ4v) is 3.82. The number of carboxylic acids is 1. The SMILES string of the molecule is Cc1ccc(S(=O)(=O)N(C)[C@H]2CNC[C@@H](C(=O)O)C2)cc1. The van der Waals surface area contributed by atoms with E-state index in [-0.39, 0.29) is 10.9 Å². The Hall–Kier alpha value is -1.44. The van der Waals surface area contributed by atoms with Gasteiger partial charge < -0.3 is 10.4 Å². The zero-order valence-electron chi connectivity index (χ0n) is 12.1. The Morgan fingerprint density at radius 1 is 1.29 bits per heavy atom. The van der Waals surface area contributed by atoms with Crippen LogP contribution in [0.4, 0.5) is 0 Å².